The molecule has 4 heteroatoms. The number of hydrogen-bond donors (Lipinski definition) is 0. The number of halogens is 3. The molecular formula is C7H11Br3O. The third kappa shape index (κ3) is 5.36. The Hall–Kier alpha value is 1.11. The molecule has 1 atom stereocenters. The van der Waals surface area contributed by atoms with Crippen molar-refractivity contribution in [2.75, 3.05) is 0 Å². The van der Waals surface area contributed by atoms with Gasteiger partial charge >= 0.3 is 0 Å². The third-order valence-electron chi connectivity index (χ3n) is 1.33. The van der Waals surface area contributed by atoms with E-state index in [1.54, 1.807) is 0 Å². The first-order valence-corrected chi connectivity index (χ1v) is 6.30. The molecule has 0 radical (unpaired) electrons. The number of ketones is 1. The van der Waals surface area contributed by atoms with Crippen molar-refractivity contribution >= 4 is 53.6 Å². The molecule has 11 heavy (non-hydrogen) atoms. The number of carbonyl (C=O) groups is 1. The van der Waals surface area contributed by atoms with Gasteiger partial charge in [-0.25, -0.2) is 0 Å². The van der Waals surface area contributed by atoms with E-state index in [1.807, 2.05) is 0 Å². The Kier molecular flexibility index (Phi) is 7.27. The fourth-order valence-electron chi connectivity index (χ4n) is 0.662. The number of carbonyl (C=O) groups excluding carboxylic acids is 1. The van der Waals surface area contributed by atoms with Crippen molar-refractivity contribution in [2.24, 2.45) is 0 Å². The predicted octanol–water partition coefficient (Wildman–Crippen LogP) is 3.63. The molecule has 0 heterocycles. The second-order valence-electron chi connectivity index (χ2n) is 2.31. The average Bonchev–Trinajstić information content (AvgIpc) is 1.98. The second-order valence-corrected chi connectivity index (χ2v) is 6.48. The lowest BCUT2D eigenvalue weighted by Crippen LogP contribution is -2.19. The van der Waals surface area contributed by atoms with E-state index < -0.39 is 0 Å². The zero-order valence-corrected chi connectivity index (χ0v) is 11.1. The molecule has 0 aromatic rings. The lowest BCUT2D eigenvalue weighted by molar-refractivity contribution is -0.116. The smallest absolute Gasteiger partial charge is 0.170 e. The Balaban J connectivity index is 3.64. The lowest BCUT2D eigenvalue weighted by atomic mass is 10.1. The zero-order chi connectivity index (χ0) is 8.85. The van der Waals surface area contributed by atoms with E-state index in [9.17, 15) is 4.79 Å². The highest BCUT2D eigenvalue weighted by Gasteiger charge is 2.19. The average molecular weight is 351 g/mol. The fraction of sp³-hybridized carbons (Fsp3) is 0.857. The monoisotopic (exact) mass is 348 g/mol. The third-order valence-corrected chi connectivity index (χ3v) is 3.15. The maximum absolute atomic E-state index is 11.2. The quantitative estimate of drug-likeness (QED) is 0.692. The van der Waals surface area contributed by atoms with Gasteiger partial charge in [0.15, 0.2) is 5.78 Å². The van der Waals surface area contributed by atoms with Gasteiger partial charge in [-0.1, -0.05) is 67.6 Å². The Morgan fingerprint density at radius 3 is 2.27 bits per heavy atom. The normalized spacial score (nSPS) is 13.5. The van der Waals surface area contributed by atoms with E-state index in [4.69, 9.17) is 0 Å². The van der Waals surface area contributed by atoms with Crippen LogP contribution in [0.3, 0.4) is 0 Å². The van der Waals surface area contributed by atoms with E-state index in [2.05, 4.69) is 54.7 Å². The van der Waals surface area contributed by atoms with Crippen molar-refractivity contribution in [3.05, 3.63) is 0 Å². The molecule has 66 valence electrons. The van der Waals surface area contributed by atoms with E-state index in [0.29, 0.717) is 0 Å². The minimum absolute atomic E-state index is 0.00815. The highest BCUT2D eigenvalue weighted by Crippen LogP contribution is 2.19. The summed E-state index contributed by atoms with van der Waals surface area (Å²) in [5.41, 5.74) is 0. The van der Waals surface area contributed by atoms with Gasteiger partial charge in [-0.15, -0.1) is 0 Å². The van der Waals surface area contributed by atoms with Crippen LogP contribution >= 0.6 is 47.8 Å². The highest BCUT2D eigenvalue weighted by atomic mass is 79.9. The first-order valence-electron chi connectivity index (χ1n) is 3.55. The van der Waals surface area contributed by atoms with Crippen LogP contribution in [0.4, 0.5) is 0 Å². The summed E-state index contributed by atoms with van der Waals surface area (Å²) in [5, 5.41) is 0. The number of hydrogen-bond acceptors (Lipinski definition) is 1. The molecule has 0 saturated carbocycles. The van der Waals surface area contributed by atoms with Crippen LogP contribution in [-0.4, -0.2) is 14.3 Å². The van der Waals surface area contributed by atoms with Crippen molar-refractivity contribution in [1.82, 2.24) is 0 Å². The molecule has 0 bridgehead atoms. The summed E-state index contributed by atoms with van der Waals surface area (Å²) in [5.74, 6) is 0.165. The molecule has 0 aliphatic carbocycles. The van der Waals surface area contributed by atoms with Crippen LogP contribution in [0.25, 0.3) is 0 Å². The van der Waals surface area contributed by atoms with Crippen molar-refractivity contribution < 1.29 is 4.79 Å². The molecule has 0 amide bonds. The number of rotatable bonds is 5. The number of alkyl halides is 3. The molecule has 0 aliphatic heterocycles. The van der Waals surface area contributed by atoms with Crippen molar-refractivity contribution in [2.45, 2.75) is 34.7 Å². The molecule has 0 rings (SSSR count). The summed E-state index contributed by atoms with van der Waals surface area (Å²) in [7, 11) is 0. The molecule has 1 unspecified atom stereocenters. The van der Waals surface area contributed by atoms with Crippen LogP contribution in [0, 0.1) is 0 Å². The largest absolute Gasteiger partial charge is 0.296 e. The van der Waals surface area contributed by atoms with E-state index in [1.165, 1.54) is 0 Å². The SMILES string of the molecule is CCCCC(Br)C(=O)C(Br)Br. The summed E-state index contributed by atoms with van der Waals surface area (Å²) in [6.07, 6.45) is 3.14. The van der Waals surface area contributed by atoms with Gasteiger partial charge in [-0.3, -0.25) is 4.79 Å². The maximum Gasteiger partial charge on any atom is 0.170 e. The molecule has 0 fully saturated rings. The predicted molar refractivity (Wildman–Crippen MR) is 58.9 cm³/mol. The van der Waals surface area contributed by atoms with Crippen molar-refractivity contribution in [3.8, 4) is 0 Å². The van der Waals surface area contributed by atoms with E-state index in [-0.39, 0.29) is 14.3 Å². The van der Waals surface area contributed by atoms with Crippen molar-refractivity contribution in [1.29, 1.82) is 0 Å². The molecule has 0 spiro atoms. The molecule has 0 aromatic carbocycles. The fourth-order valence-corrected chi connectivity index (χ4v) is 2.60. The standard InChI is InChI=1S/C7H11Br3O/c1-2-3-4-5(8)6(11)7(9)10/h5,7H,2-4H2,1H3. The summed E-state index contributed by atoms with van der Waals surface area (Å²) in [4.78, 5) is 11.2. The molecule has 0 saturated heterocycles. The Bertz CT molecular complexity index is 125. The first-order chi connectivity index (χ1) is 5.09. The molecular weight excluding hydrogens is 340 g/mol. The summed E-state index contributed by atoms with van der Waals surface area (Å²) in [6, 6.07) is 0. The topological polar surface area (TPSA) is 17.1 Å². The van der Waals surface area contributed by atoms with Gasteiger partial charge in [0.25, 0.3) is 0 Å². The summed E-state index contributed by atoms with van der Waals surface area (Å²) in [6.45, 7) is 2.12. The van der Waals surface area contributed by atoms with E-state index in [0.717, 1.165) is 19.3 Å². The Morgan fingerprint density at radius 1 is 1.36 bits per heavy atom. The lowest BCUT2D eigenvalue weighted by Gasteiger charge is -2.07. The molecule has 1 nitrogen and oxygen atoms in total. The van der Waals surface area contributed by atoms with E-state index >= 15 is 0 Å². The highest BCUT2D eigenvalue weighted by molar-refractivity contribution is 9.25. The zero-order valence-electron chi connectivity index (χ0n) is 6.32. The van der Waals surface area contributed by atoms with Crippen LogP contribution in [-0.2, 0) is 4.79 Å². The number of Topliss-reactive ketones (excluding diaryl/α,β-unsaturated/α-hetero) is 1. The van der Waals surface area contributed by atoms with Gasteiger partial charge in [-0.05, 0) is 6.42 Å². The Labute approximate surface area is 92.7 Å². The van der Waals surface area contributed by atoms with Gasteiger partial charge in [0.1, 0.15) is 3.74 Å². The second kappa shape index (κ2) is 6.61. The first kappa shape index (κ1) is 12.1. The van der Waals surface area contributed by atoms with Gasteiger partial charge in [0.05, 0.1) is 4.83 Å². The van der Waals surface area contributed by atoms with Gasteiger partial charge in [0.2, 0.25) is 0 Å². The molecule has 0 N–H and O–H groups in total. The van der Waals surface area contributed by atoms with Gasteiger partial charge < -0.3 is 0 Å². The minimum Gasteiger partial charge on any atom is -0.296 e. The minimum atomic E-state index is -0.212. The van der Waals surface area contributed by atoms with Crippen molar-refractivity contribution in [3.63, 3.8) is 0 Å². The van der Waals surface area contributed by atoms with Gasteiger partial charge in [0, 0.05) is 0 Å². The molecule has 0 aromatic heterocycles. The maximum atomic E-state index is 11.2. The van der Waals surface area contributed by atoms with Crippen LogP contribution in [0.1, 0.15) is 26.2 Å². The van der Waals surface area contributed by atoms with Crippen LogP contribution < -0.4 is 0 Å². The van der Waals surface area contributed by atoms with Crippen LogP contribution in [0.2, 0.25) is 0 Å². The Morgan fingerprint density at radius 2 is 1.91 bits per heavy atom. The van der Waals surface area contributed by atoms with Crippen LogP contribution in [0.15, 0.2) is 0 Å². The molecule has 0 aliphatic rings. The summed E-state index contributed by atoms with van der Waals surface area (Å²) >= 11 is 9.67. The van der Waals surface area contributed by atoms with Crippen LogP contribution in [0.5, 0.6) is 0 Å². The summed E-state index contributed by atoms with van der Waals surface area (Å²) < 4.78 is -0.212. The number of unbranched alkanes of at least 4 members (excludes halogenated alkanes) is 1. The van der Waals surface area contributed by atoms with Gasteiger partial charge in [-0.2, -0.15) is 0 Å².